The van der Waals surface area contributed by atoms with Gasteiger partial charge in [-0.05, 0) is 12.5 Å². The average Bonchev–Trinajstić information content (AvgIpc) is 3.70. The lowest BCUT2D eigenvalue weighted by atomic mass is 10.1. The zero-order valence-electron chi connectivity index (χ0n) is 24.8. The molecule has 22 nitrogen and oxygen atoms in total. The Bertz CT molecular complexity index is 1800. The van der Waals surface area contributed by atoms with Crippen LogP contribution in [0, 0.1) is 0 Å². The quantitative estimate of drug-likeness (QED) is 0.0680. The highest BCUT2D eigenvalue weighted by molar-refractivity contribution is 7.47. The molecule has 8 atom stereocenters. The molecule has 0 spiro atoms. The molecule has 0 amide bonds. The predicted molar refractivity (Wildman–Crippen MR) is 159 cm³/mol. The number of hydrogen-bond donors (Lipinski definition) is 6. The van der Waals surface area contributed by atoms with Gasteiger partial charge < -0.3 is 45.5 Å². The van der Waals surface area contributed by atoms with Crippen LogP contribution < -0.4 is 17.2 Å². The maximum Gasteiger partial charge on any atom is 0.472 e. The normalized spacial score (nSPS) is 27.2. The van der Waals surface area contributed by atoms with Gasteiger partial charge in [0.25, 0.3) is 0 Å². The summed E-state index contributed by atoms with van der Waals surface area (Å²) in [4.78, 5) is 69.6. The van der Waals surface area contributed by atoms with Gasteiger partial charge in [-0.25, -0.2) is 28.9 Å². The van der Waals surface area contributed by atoms with Gasteiger partial charge >= 0.3 is 27.3 Å². The minimum atomic E-state index is -5.08. The van der Waals surface area contributed by atoms with E-state index in [1.54, 1.807) is 0 Å². The second-order valence-corrected chi connectivity index (χ2v) is 13.2. The molecule has 3 aromatic heterocycles. The van der Waals surface area contributed by atoms with Crippen LogP contribution >= 0.6 is 15.6 Å². The van der Waals surface area contributed by atoms with Crippen LogP contribution in [-0.2, 0) is 41.7 Å². The number of imidazole rings is 1. The number of fused-ring (bicyclic) bond motifs is 1. The van der Waals surface area contributed by atoms with Crippen molar-refractivity contribution in [3.8, 4) is 0 Å². The smallest absolute Gasteiger partial charge is 0.457 e. The molecule has 262 valence electrons. The molecule has 0 aromatic carbocycles. The molecule has 5 heterocycles. The molecule has 2 aliphatic heterocycles. The summed E-state index contributed by atoms with van der Waals surface area (Å²) in [5.74, 6) is -0.758. The van der Waals surface area contributed by atoms with Gasteiger partial charge in [-0.2, -0.15) is 4.98 Å². The molecule has 0 aliphatic carbocycles. The number of carbonyl (C=O) groups is 1. The number of anilines is 2. The number of allylic oxidation sites excluding steroid dienone is 1. The van der Waals surface area contributed by atoms with E-state index in [-0.39, 0.29) is 42.1 Å². The zero-order chi connectivity index (χ0) is 34.8. The number of carbonyl (C=O) groups excluding carboxylic acids is 1. The van der Waals surface area contributed by atoms with Gasteiger partial charge in [-0.1, -0.05) is 6.08 Å². The van der Waals surface area contributed by atoms with Gasteiger partial charge in [0.15, 0.2) is 23.8 Å². The number of nitrogens with zero attached hydrogens (tertiary/aromatic N) is 6. The van der Waals surface area contributed by atoms with E-state index < -0.39 is 83.5 Å². The molecular formula is C24H32N8O14P2. The zero-order valence-corrected chi connectivity index (χ0v) is 26.6. The van der Waals surface area contributed by atoms with Crippen molar-refractivity contribution in [2.24, 2.45) is 0 Å². The summed E-state index contributed by atoms with van der Waals surface area (Å²) >= 11 is 0. The highest BCUT2D eigenvalue weighted by atomic mass is 31.2. The first-order valence-electron chi connectivity index (χ1n) is 14.1. The van der Waals surface area contributed by atoms with Crippen LogP contribution in [0.4, 0.5) is 11.6 Å². The Morgan fingerprint density at radius 2 is 1.85 bits per heavy atom. The molecule has 0 radical (unpaired) electrons. The van der Waals surface area contributed by atoms with Crippen molar-refractivity contribution < 1.29 is 61.5 Å². The number of nitrogen functional groups attached to an aromatic ring is 2. The van der Waals surface area contributed by atoms with E-state index in [2.05, 4.69) is 31.0 Å². The molecule has 24 heteroatoms. The summed E-state index contributed by atoms with van der Waals surface area (Å²) in [6.45, 7) is 1.97. The highest BCUT2D eigenvalue weighted by Crippen LogP contribution is 2.50. The molecular weight excluding hydrogens is 686 g/mol. The topological polar surface area (TPSA) is 318 Å². The van der Waals surface area contributed by atoms with E-state index in [4.69, 9.17) is 44.5 Å². The molecule has 8 N–H and O–H groups in total. The van der Waals surface area contributed by atoms with E-state index in [1.807, 2.05) is 0 Å². The number of hydrogen-bond acceptors (Lipinski definition) is 17. The highest BCUT2D eigenvalue weighted by Gasteiger charge is 2.49. The third kappa shape index (κ3) is 8.31. The van der Waals surface area contributed by atoms with Crippen LogP contribution in [0.25, 0.3) is 11.2 Å². The molecule has 0 bridgehead atoms. The van der Waals surface area contributed by atoms with Crippen LogP contribution in [0.3, 0.4) is 0 Å². The van der Waals surface area contributed by atoms with Crippen LogP contribution in [-0.4, -0.2) is 98.6 Å². The molecule has 48 heavy (non-hydrogen) atoms. The number of rotatable bonds is 14. The monoisotopic (exact) mass is 718 g/mol. The number of aromatic nitrogens is 6. The van der Waals surface area contributed by atoms with Crippen LogP contribution in [0.15, 0.2) is 42.4 Å². The van der Waals surface area contributed by atoms with E-state index in [1.165, 1.54) is 35.6 Å². The Morgan fingerprint density at radius 3 is 2.56 bits per heavy atom. The first-order chi connectivity index (χ1) is 22.7. The third-order valence-electron chi connectivity index (χ3n) is 7.21. The average molecular weight is 719 g/mol. The number of phosphoric ester groups is 2. The molecule has 1 unspecified atom stereocenters. The number of esters is 1. The minimum Gasteiger partial charge on any atom is -0.457 e. The molecule has 2 aliphatic rings. The van der Waals surface area contributed by atoms with Crippen LogP contribution in [0.5, 0.6) is 0 Å². The summed E-state index contributed by atoms with van der Waals surface area (Å²) in [6.07, 6.45) is -4.51. The van der Waals surface area contributed by atoms with Crippen molar-refractivity contribution in [1.29, 1.82) is 0 Å². The van der Waals surface area contributed by atoms with Gasteiger partial charge in [-0.15, -0.1) is 6.58 Å². The van der Waals surface area contributed by atoms with Gasteiger partial charge in [0.1, 0.15) is 48.3 Å². The number of nitrogens with two attached hydrogens (primary N) is 2. The second-order valence-electron chi connectivity index (χ2n) is 10.5. The molecule has 0 saturated carbocycles. The lowest BCUT2D eigenvalue weighted by molar-refractivity contribution is -0.156. The standard InChI is InChI=1S/C24H32N8O14P2/c1-2-3-4-17(33)45-20-14(44-23(19(20)34)32-11-29-18-21(26)27-10-28-22(18)32)9-42-48(39,40)46-12-7-16(31-6-5-15(25)30-24(31)35)43-13(12)8-41-47(36,37)38/h2,5-6,10-14,16,19-20,23,34H,1,3-4,7-9H2,(H,39,40)(H2,25,30,35)(H2,26,27,28)(H2,36,37,38)/t12-,13-,14-,16+,19+,20+,23+/m0/s1. The lowest BCUT2D eigenvalue weighted by Crippen LogP contribution is -2.38. The van der Waals surface area contributed by atoms with Crippen LogP contribution in [0.1, 0.15) is 31.7 Å². The molecule has 5 rings (SSSR count). The maximum atomic E-state index is 13.2. The maximum absolute atomic E-state index is 13.2. The first kappa shape index (κ1) is 35.6. The van der Waals surface area contributed by atoms with Gasteiger partial charge in [0.05, 0.1) is 19.5 Å². The number of aliphatic hydroxyl groups excluding tert-OH is 1. The van der Waals surface area contributed by atoms with Crippen molar-refractivity contribution >= 4 is 44.4 Å². The Morgan fingerprint density at radius 1 is 1.10 bits per heavy atom. The van der Waals surface area contributed by atoms with Crippen molar-refractivity contribution in [2.45, 2.75) is 62.2 Å². The van der Waals surface area contributed by atoms with Gasteiger partial charge in [0, 0.05) is 19.0 Å². The van der Waals surface area contributed by atoms with E-state index in [0.717, 1.165) is 4.57 Å². The second kappa shape index (κ2) is 14.4. The van der Waals surface area contributed by atoms with E-state index >= 15 is 0 Å². The van der Waals surface area contributed by atoms with E-state index in [9.17, 15) is 28.7 Å². The Kier molecular flexibility index (Phi) is 10.7. The lowest BCUT2D eigenvalue weighted by Gasteiger charge is -2.23. The number of ether oxygens (including phenoxy) is 3. The molecule has 2 saturated heterocycles. The van der Waals surface area contributed by atoms with E-state index in [0.29, 0.717) is 0 Å². The fraction of sp³-hybridized carbons (Fsp3) is 0.500. The largest absolute Gasteiger partial charge is 0.472 e. The van der Waals surface area contributed by atoms with Crippen LogP contribution in [0.2, 0.25) is 0 Å². The Hall–Kier alpha value is -3.66. The Balaban J connectivity index is 1.33. The van der Waals surface area contributed by atoms with Crippen molar-refractivity contribution in [2.75, 3.05) is 24.7 Å². The van der Waals surface area contributed by atoms with Crippen molar-refractivity contribution in [1.82, 2.24) is 29.1 Å². The SMILES string of the molecule is C=CCCC(=O)O[C@H]1[C@@H](O)[C@H](n2cnc3c(N)ncnc32)O[C@H]1COP(=O)(O)O[C@H]1C[C@H](n2ccc(N)nc2=O)O[C@H]1COP(=O)(O)O. The number of aliphatic hydroxyl groups is 1. The van der Waals surface area contributed by atoms with Gasteiger partial charge in [-0.3, -0.25) is 27.5 Å². The first-order valence-corrected chi connectivity index (χ1v) is 17.1. The Labute approximate surface area is 270 Å². The third-order valence-corrected chi connectivity index (χ3v) is 8.71. The minimum absolute atomic E-state index is 0.0528. The van der Waals surface area contributed by atoms with Crippen molar-refractivity contribution in [3.63, 3.8) is 0 Å². The fourth-order valence-electron chi connectivity index (χ4n) is 5.03. The van der Waals surface area contributed by atoms with Gasteiger partial charge in [0.2, 0.25) is 0 Å². The summed E-state index contributed by atoms with van der Waals surface area (Å²) in [5, 5.41) is 11.2. The predicted octanol–water partition coefficient (Wildman–Crippen LogP) is -0.717. The summed E-state index contributed by atoms with van der Waals surface area (Å²) in [5.41, 5.74) is 10.9. The summed E-state index contributed by atoms with van der Waals surface area (Å²) < 4.78 is 58.9. The number of phosphoric acid groups is 2. The molecule has 2 fully saturated rings. The molecule has 3 aromatic rings. The summed E-state index contributed by atoms with van der Waals surface area (Å²) in [6, 6.07) is 1.29. The fourth-order valence-corrected chi connectivity index (χ4v) is 6.33. The van der Waals surface area contributed by atoms with Crippen molar-refractivity contribution in [3.05, 3.63) is 48.1 Å². The summed E-state index contributed by atoms with van der Waals surface area (Å²) in [7, 11) is -10.1.